The quantitative estimate of drug-likeness (QED) is 0.664. The van der Waals surface area contributed by atoms with Gasteiger partial charge in [0, 0.05) is 10.9 Å². The van der Waals surface area contributed by atoms with E-state index in [-0.39, 0.29) is 5.75 Å². The molecule has 0 aliphatic heterocycles. The van der Waals surface area contributed by atoms with Crippen LogP contribution in [0.5, 0.6) is 11.5 Å². The van der Waals surface area contributed by atoms with E-state index in [1.54, 1.807) is 12.1 Å². The van der Waals surface area contributed by atoms with Crippen LogP contribution in [0.2, 0.25) is 0 Å². The molecule has 0 radical (unpaired) electrons. The average molecular weight is 324 g/mol. The molecule has 0 fully saturated rings. The minimum atomic E-state index is 0.230. The predicted molar refractivity (Wildman–Crippen MR) is 96.9 cm³/mol. The van der Waals surface area contributed by atoms with Crippen LogP contribution >= 0.6 is 0 Å². The van der Waals surface area contributed by atoms with Crippen molar-refractivity contribution in [3.63, 3.8) is 0 Å². The number of hydrogen-bond acceptors (Lipinski definition) is 3. The van der Waals surface area contributed by atoms with Crippen LogP contribution in [0.15, 0.2) is 34.7 Å². The molecule has 3 rings (SSSR count). The summed E-state index contributed by atoms with van der Waals surface area (Å²) < 4.78 is 11.8. The topological polar surface area (TPSA) is 42.6 Å². The van der Waals surface area contributed by atoms with Gasteiger partial charge >= 0.3 is 0 Å². The number of benzene rings is 2. The second kappa shape index (κ2) is 6.60. The first kappa shape index (κ1) is 16.4. The summed E-state index contributed by atoms with van der Waals surface area (Å²) in [6.07, 6.45) is 2.23. The van der Waals surface area contributed by atoms with E-state index in [0.29, 0.717) is 6.61 Å². The fraction of sp³-hybridized carbons (Fsp3) is 0.333. The Hall–Kier alpha value is -2.42. The molecule has 1 N–H and O–H groups in total. The molecular weight excluding hydrogens is 300 g/mol. The number of ether oxygens (including phenoxy) is 1. The van der Waals surface area contributed by atoms with Gasteiger partial charge < -0.3 is 14.3 Å². The number of fused-ring (bicyclic) bond motifs is 1. The lowest BCUT2D eigenvalue weighted by atomic mass is 9.99. The van der Waals surface area contributed by atoms with Gasteiger partial charge in [0.25, 0.3) is 0 Å². The van der Waals surface area contributed by atoms with Gasteiger partial charge in [0.15, 0.2) is 0 Å². The smallest absolute Gasteiger partial charge is 0.141 e. The summed E-state index contributed by atoms with van der Waals surface area (Å²) in [5.41, 5.74) is 5.48. The molecule has 0 bridgehead atoms. The van der Waals surface area contributed by atoms with E-state index in [1.165, 1.54) is 16.7 Å². The summed E-state index contributed by atoms with van der Waals surface area (Å²) in [6, 6.07) is 9.54. The van der Waals surface area contributed by atoms with Crippen molar-refractivity contribution in [2.75, 3.05) is 0 Å². The largest absolute Gasteiger partial charge is 0.508 e. The first-order chi connectivity index (χ1) is 11.5. The summed E-state index contributed by atoms with van der Waals surface area (Å²) in [5, 5.41) is 10.8. The second-order valence-electron chi connectivity index (χ2n) is 6.39. The molecule has 3 nitrogen and oxygen atoms in total. The highest BCUT2D eigenvalue weighted by molar-refractivity contribution is 5.82. The molecular formula is C21H24O3. The number of hydrogen-bond donors (Lipinski definition) is 1. The van der Waals surface area contributed by atoms with Crippen LogP contribution in [0, 0.1) is 20.8 Å². The zero-order valence-corrected chi connectivity index (χ0v) is 14.8. The predicted octanol–water partition coefficient (Wildman–Crippen LogP) is 5.60. The Bertz CT molecular complexity index is 874. The zero-order valence-electron chi connectivity index (χ0n) is 14.8. The number of aryl methyl sites for hydroxylation is 2. The minimum Gasteiger partial charge on any atom is -0.508 e. The van der Waals surface area contributed by atoms with E-state index in [2.05, 4.69) is 26.8 Å². The Morgan fingerprint density at radius 3 is 2.54 bits per heavy atom. The van der Waals surface area contributed by atoms with E-state index in [1.807, 2.05) is 19.1 Å². The molecule has 0 atom stereocenters. The van der Waals surface area contributed by atoms with Gasteiger partial charge in [-0.1, -0.05) is 19.4 Å². The maximum Gasteiger partial charge on any atom is 0.141 e. The Kier molecular flexibility index (Phi) is 4.52. The maximum atomic E-state index is 9.91. The molecule has 3 aromatic rings. The maximum absolute atomic E-state index is 9.91. The number of phenols is 1. The van der Waals surface area contributed by atoms with Crippen LogP contribution in [0.3, 0.4) is 0 Å². The summed E-state index contributed by atoms with van der Waals surface area (Å²) in [6.45, 7) is 8.71. The molecule has 24 heavy (non-hydrogen) atoms. The van der Waals surface area contributed by atoms with Gasteiger partial charge in [0.05, 0.1) is 0 Å². The van der Waals surface area contributed by atoms with Crippen molar-refractivity contribution < 1.29 is 14.3 Å². The van der Waals surface area contributed by atoms with Crippen molar-refractivity contribution in [3.8, 4) is 11.5 Å². The molecule has 0 saturated heterocycles. The lowest BCUT2D eigenvalue weighted by molar-refractivity contribution is 0.302. The van der Waals surface area contributed by atoms with Gasteiger partial charge in [0.2, 0.25) is 0 Å². The van der Waals surface area contributed by atoms with Gasteiger partial charge in [-0.15, -0.1) is 0 Å². The van der Waals surface area contributed by atoms with Crippen molar-refractivity contribution in [1.29, 1.82) is 0 Å². The van der Waals surface area contributed by atoms with Gasteiger partial charge in [-0.25, -0.2) is 0 Å². The molecule has 0 spiro atoms. The lowest BCUT2D eigenvalue weighted by Gasteiger charge is -2.14. The highest BCUT2D eigenvalue weighted by Gasteiger charge is 2.12. The minimum absolute atomic E-state index is 0.230. The van der Waals surface area contributed by atoms with Crippen molar-refractivity contribution in [1.82, 2.24) is 0 Å². The van der Waals surface area contributed by atoms with Crippen LogP contribution in [0.4, 0.5) is 0 Å². The fourth-order valence-electron chi connectivity index (χ4n) is 3.15. The average Bonchev–Trinajstić information content (AvgIpc) is 2.91. The van der Waals surface area contributed by atoms with Crippen LogP contribution in [-0.2, 0) is 13.0 Å². The summed E-state index contributed by atoms with van der Waals surface area (Å²) in [5.74, 6) is 1.94. The normalized spacial score (nSPS) is 11.2. The lowest BCUT2D eigenvalue weighted by Crippen LogP contribution is -2.00. The van der Waals surface area contributed by atoms with E-state index < -0.39 is 0 Å². The second-order valence-corrected chi connectivity index (χ2v) is 6.39. The Morgan fingerprint density at radius 2 is 1.79 bits per heavy atom. The van der Waals surface area contributed by atoms with Gasteiger partial charge in [0.1, 0.15) is 29.4 Å². The molecule has 0 aliphatic carbocycles. The molecule has 2 aromatic carbocycles. The molecule has 0 amide bonds. The fourth-order valence-corrected chi connectivity index (χ4v) is 3.15. The molecule has 126 valence electrons. The standard InChI is InChI=1S/C21H24O3/c1-5-6-16-7-8-20(15(4)14(16)3)23-12-18-11-19(22)10-17-9-13(2)24-21(17)18/h7-11,22H,5-6,12H2,1-4H3. The van der Waals surface area contributed by atoms with Crippen LogP contribution in [-0.4, -0.2) is 5.11 Å². The Balaban J connectivity index is 1.87. The summed E-state index contributed by atoms with van der Waals surface area (Å²) >= 11 is 0. The molecule has 0 aliphatic rings. The van der Waals surface area contributed by atoms with E-state index in [4.69, 9.17) is 9.15 Å². The van der Waals surface area contributed by atoms with Gasteiger partial charge in [-0.05, 0) is 68.1 Å². The van der Waals surface area contributed by atoms with Crippen molar-refractivity contribution in [2.24, 2.45) is 0 Å². The molecule has 0 saturated carbocycles. The summed E-state index contributed by atoms with van der Waals surface area (Å²) in [7, 11) is 0. The number of furan rings is 1. The third-order valence-electron chi connectivity index (χ3n) is 4.55. The Morgan fingerprint density at radius 1 is 1.00 bits per heavy atom. The molecule has 1 aromatic heterocycles. The molecule has 1 heterocycles. The molecule has 3 heteroatoms. The first-order valence-electron chi connectivity index (χ1n) is 8.43. The van der Waals surface area contributed by atoms with Crippen LogP contribution in [0.1, 0.15) is 41.4 Å². The third-order valence-corrected chi connectivity index (χ3v) is 4.55. The number of rotatable bonds is 5. The Labute approximate surface area is 142 Å². The highest BCUT2D eigenvalue weighted by atomic mass is 16.5. The summed E-state index contributed by atoms with van der Waals surface area (Å²) in [4.78, 5) is 0. The van der Waals surface area contributed by atoms with Crippen LogP contribution in [0.25, 0.3) is 11.0 Å². The SMILES string of the molecule is CCCc1ccc(OCc2cc(O)cc3cc(C)oc23)c(C)c1C. The highest BCUT2D eigenvalue weighted by Crippen LogP contribution is 2.30. The van der Waals surface area contributed by atoms with Gasteiger partial charge in [-0.3, -0.25) is 0 Å². The van der Waals surface area contributed by atoms with E-state index >= 15 is 0 Å². The van der Waals surface area contributed by atoms with E-state index in [0.717, 1.165) is 40.9 Å². The zero-order chi connectivity index (χ0) is 17.3. The monoisotopic (exact) mass is 324 g/mol. The van der Waals surface area contributed by atoms with E-state index in [9.17, 15) is 5.11 Å². The number of aromatic hydroxyl groups is 1. The number of phenolic OH excluding ortho intramolecular Hbond substituents is 1. The van der Waals surface area contributed by atoms with Crippen molar-refractivity contribution in [3.05, 3.63) is 58.3 Å². The third kappa shape index (κ3) is 3.12. The van der Waals surface area contributed by atoms with Crippen molar-refractivity contribution >= 4 is 11.0 Å². The first-order valence-corrected chi connectivity index (χ1v) is 8.43. The van der Waals surface area contributed by atoms with Crippen LogP contribution < -0.4 is 4.74 Å². The van der Waals surface area contributed by atoms with Gasteiger partial charge in [-0.2, -0.15) is 0 Å². The van der Waals surface area contributed by atoms with Crippen molar-refractivity contribution in [2.45, 2.75) is 47.1 Å². The molecule has 0 unspecified atom stereocenters.